The number of rotatable bonds is 3. The van der Waals surface area contributed by atoms with Gasteiger partial charge in [0, 0.05) is 55.8 Å². The fourth-order valence-corrected chi connectivity index (χ4v) is 7.00. The normalized spacial score (nSPS) is 35.1. The number of amides is 3. The lowest BCUT2D eigenvalue weighted by molar-refractivity contribution is -0.136. The molecule has 8 heteroatoms. The molecule has 8 nitrogen and oxygen atoms in total. The molecule has 1 aliphatic carbocycles. The highest BCUT2D eigenvalue weighted by atomic mass is 16.2. The van der Waals surface area contributed by atoms with Crippen molar-refractivity contribution in [1.82, 2.24) is 20.0 Å². The number of nitrogens with one attached hydrogen (secondary N) is 1. The molecule has 4 aliphatic heterocycles. The van der Waals surface area contributed by atoms with E-state index in [0.29, 0.717) is 24.6 Å². The quantitative estimate of drug-likeness (QED) is 0.672. The first-order valence-corrected chi connectivity index (χ1v) is 12.0. The summed E-state index contributed by atoms with van der Waals surface area (Å²) < 4.78 is 0. The van der Waals surface area contributed by atoms with E-state index in [1.54, 1.807) is 4.90 Å². The van der Waals surface area contributed by atoms with Crippen molar-refractivity contribution in [3.8, 4) is 0 Å². The summed E-state index contributed by atoms with van der Waals surface area (Å²) in [6, 6.07) is 6.27. The molecule has 0 radical (unpaired) electrons. The molecular formula is C24H31N5O3. The third-order valence-electron chi connectivity index (χ3n) is 8.54. The van der Waals surface area contributed by atoms with Crippen LogP contribution in [0.3, 0.4) is 0 Å². The van der Waals surface area contributed by atoms with E-state index < -0.39 is 6.04 Å². The first-order chi connectivity index (χ1) is 15.5. The van der Waals surface area contributed by atoms with Crippen LogP contribution >= 0.6 is 0 Å². The number of carbonyl (C=O) groups is 3. The van der Waals surface area contributed by atoms with Gasteiger partial charge in [-0.05, 0) is 55.8 Å². The van der Waals surface area contributed by atoms with Crippen molar-refractivity contribution in [2.75, 3.05) is 19.6 Å². The second-order valence-electron chi connectivity index (χ2n) is 10.2. The van der Waals surface area contributed by atoms with E-state index in [2.05, 4.69) is 21.2 Å². The third-order valence-corrected chi connectivity index (χ3v) is 8.54. The number of piperazine rings is 1. The van der Waals surface area contributed by atoms with Crippen LogP contribution in [0.2, 0.25) is 0 Å². The lowest BCUT2D eigenvalue weighted by Gasteiger charge is -2.61. The van der Waals surface area contributed by atoms with Gasteiger partial charge in [-0.1, -0.05) is 12.1 Å². The minimum absolute atomic E-state index is 0.0997. The summed E-state index contributed by atoms with van der Waals surface area (Å²) in [4.78, 5) is 44.1. The minimum atomic E-state index is -0.571. The Morgan fingerprint density at radius 1 is 1.09 bits per heavy atom. The predicted molar refractivity (Wildman–Crippen MR) is 117 cm³/mol. The molecule has 2 atom stereocenters. The highest BCUT2D eigenvalue weighted by Gasteiger charge is 2.57. The topological polar surface area (TPSA) is 99.0 Å². The van der Waals surface area contributed by atoms with Crippen LogP contribution in [-0.4, -0.2) is 75.7 Å². The number of nitrogens with zero attached hydrogens (tertiary/aromatic N) is 3. The van der Waals surface area contributed by atoms with Gasteiger partial charge in [0.1, 0.15) is 6.04 Å². The van der Waals surface area contributed by atoms with Gasteiger partial charge in [-0.3, -0.25) is 29.5 Å². The number of hydrogen-bond acceptors (Lipinski definition) is 6. The summed E-state index contributed by atoms with van der Waals surface area (Å²) >= 11 is 0. The van der Waals surface area contributed by atoms with Gasteiger partial charge >= 0.3 is 0 Å². The van der Waals surface area contributed by atoms with E-state index in [1.165, 1.54) is 24.9 Å². The summed E-state index contributed by atoms with van der Waals surface area (Å²) in [5, 5.41) is 2.39. The molecule has 1 saturated carbocycles. The molecule has 3 saturated heterocycles. The zero-order valence-electron chi connectivity index (χ0n) is 18.4. The molecule has 170 valence electrons. The van der Waals surface area contributed by atoms with Crippen molar-refractivity contribution in [3.05, 3.63) is 34.9 Å². The first-order valence-electron chi connectivity index (χ1n) is 12.0. The van der Waals surface area contributed by atoms with E-state index in [1.807, 2.05) is 12.1 Å². The van der Waals surface area contributed by atoms with Crippen LogP contribution in [0.15, 0.2) is 18.2 Å². The largest absolute Gasteiger partial charge is 0.328 e. The summed E-state index contributed by atoms with van der Waals surface area (Å²) in [6.45, 7) is 4.57. The number of imide groups is 1. The third kappa shape index (κ3) is 2.96. The van der Waals surface area contributed by atoms with Gasteiger partial charge in [-0.15, -0.1) is 0 Å². The van der Waals surface area contributed by atoms with Crippen LogP contribution in [0.5, 0.6) is 0 Å². The van der Waals surface area contributed by atoms with Gasteiger partial charge in [0.2, 0.25) is 11.8 Å². The van der Waals surface area contributed by atoms with Crippen LogP contribution in [0.1, 0.15) is 60.0 Å². The first kappa shape index (κ1) is 20.3. The fraction of sp³-hybridized carbons (Fsp3) is 0.625. The van der Waals surface area contributed by atoms with Gasteiger partial charge in [-0.25, -0.2) is 0 Å². The summed E-state index contributed by atoms with van der Waals surface area (Å²) in [5.74, 6) is -0.716. The van der Waals surface area contributed by atoms with Crippen molar-refractivity contribution in [2.24, 2.45) is 5.73 Å². The Kier molecular flexibility index (Phi) is 4.68. The average Bonchev–Trinajstić information content (AvgIpc) is 3.35. The van der Waals surface area contributed by atoms with Crippen LogP contribution in [0.25, 0.3) is 0 Å². The number of hydrogen-bond donors (Lipinski definition) is 2. The molecule has 4 fully saturated rings. The standard InChI is InChI=1S/C24H31N5O3/c25-16-11-24(12-16)20-5-2-8-27(20)9-10-28(24)13-15-3-1-4-17-18(15)14-29(23(17)32)19-6-7-21(30)26-22(19)31/h1,3-4,16,19-20H,2,5-14,25H2,(H,26,30,31). The molecule has 1 aromatic carbocycles. The predicted octanol–water partition coefficient (Wildman–Crippen LogP) is 0.588. The summed E-state index contributed by atoms with van der Waals surface area (Å²) in [5.41, 5.74) is 9.37. The molecule has 3 amide bonds. The molecule has 1 spiro atoms. The van der Waals surface area contributed by atoms with Crippen molar-refractivity contribution in [1.29, 1.82) is 0 Å². The van der Waals surface area contributed by atoms with E-state index in [-0.39, 0.29) is 35.7 Å². The Morgan fingerprint density at radius 3 is 2.72 bits per heavy atom. The maximum absolute atomic E-state index is 13.2. The number of fused-ring (bicyclic) bond motifs is 3. The molecule has 5 aliphatic rings. The molecule has 6 rings (SSSR count). The Bertz CT molecular complexity index is 988. The number of carbonyl (C=O) groups excluding carboxylic acids is 3. The number of nitrogens with two attached hydrogens (primary N) is 1. The van der Waals surface area contributed by atoms with Crippen molar-refractivity contribution < 1.29 is 14.4 Å². The average molecular weight is 438 g/mol. The molecular weight excluding hydrogens is 406 g/mol. The molecule has 0 bridgehead atoms. The maximum atomic E-state index is 13.2. The van der Waals surface area contributed by atoms with Gasteiger partial charge in [0.05, 0.1) is 0 Å². The molecule has 1 aromatic rings. The number of piperidine rings is 1. The summed E-state index contributed by atoms with van der Waals surface area (Å²) in [7, 11) is 0. The second-order valence-corrected chi connectivity index (χ2v) is 10.2. The van der Waals surface area contributed by atoms with Gasteiger partial charge in [0.15, 0.2) is 0 Å². The Morgan fingerprint density at radius 2 is 1.94 bits per heavy atom. The van der Waals surface area contributed by atoms with E-state index in [0.717, 1.165) is 38.0 Å². The van der Waals surface area contributed by atoms with E-state index >= 15 is 0 Å². The van der Waals surface area contributed by atoms with Crippen molar-refractivity contribution in [2.45, 2.75) is 75.3 Å². The van der Waals surface area contributed by atoms with E-state index in [9.17, 15) is 14.4 Å². The Hall–Kier alpha value is -2.29. The zero-order chi connectivity index (χ0) is 22.0. The van der Waals surface area contributed by atoms with Crippen molar-refractivity contribution in [3.63, 3.8) is 0 Å². The van der Waals surface area contributed by atoms with Gasteiger partial charge in [-0.2, -0.15) is 0 Å². The smallest absolute Gasteiger partial charge is 0.255 e. The highest BCUT2D eigenvalue weighted by Crippen LogP contribution is 2.48. The molecule has 4 heterocycles. The van der Waals surface area contributed by atoms with Crippen LogP contribution < -0.4 is 11.1 Å². The summed E-state index contributed by atoms with van der Waals surface area (Å²) in [6.07, 6.45) is 5.28. The Balaban J connectivity index is 1.26. The molecule has 0 aromatic heterocycles. The Labute approximate surface area is 188 Å². The second kappa shape index (κ2) is 7.37. The van der Waals surface area contributed by atoms with Crippen LogP contribution in [-0.2, 0) is 22.7 Å². The lowest BCUT2D eigenvalue weighted by atomic mass is 9.65. The van der Waals surface area contributed by atoms with Gasteiger partial charge in [0.25, 0.3) is 5.91 Å². The monoisotopic (exact) mass is 437 g/mol. The molecule has 32 heavy (non-hydrogen) atoms. The zero-order valence-corrected chi connectivity index (χ0v) is 18.4. The van der Waals surface area contributed by atoms with E-state index in [4.69, 9.17) is 5.73 Å². The SMILES string of the molecule is NC1CC2(C1)C1CCCN1CCN2Cc1cccc2c1CN(C1CCC(=O)NC1=O)C2=O. The van der Waals surface area contributed by atoms with Crippen LogP contribution in [0.4, 0.5) is 0 Å². The number of benzene rings is 1. The molecule has 2 unspecified atom stereocenters. The fourth-order valence-electron chi connectivity index (χ4n) is 7.00. The lowest BCUT2D eigenvalue weighted by Crippen LogP contribution is -2.73. The van der Waals surface area contributed by atoms with Gasteiger partial charge < -0.3 is 10.6 Å². The maximum Gasteiger partial charge on any atom is 0.255 e. The minimum Gasteiger partial charge on any atom is -0.328 e. The van der Waals surface area contributed by atoms with Crippen LogP contribution in [0, 0.1) is 0 Å². The molecule has 3 N–H and O–H groups in total. The highest BCUT2D eigenvalue weighted by molar-refractivity contribution is 6.05. The van der Waals surface area contributed by atoms with Crippen molar-refractivity contribution >= 4 is 17.7 Å².